The second kappa shape index (κ2) is 32.3. The Morgan fingerprint density at radius 1 is 0.727 bits per heavy atom. The maximum absolute atomic E-state index is 14.2. The molecule has 2 aromatic carbocycles. The third-order valence-electron chi connectivity index (χ3n) is 7.73. The molecule has 0 saturated carbocycles. The van der Waals surface area contributed by atoms with E-state index in [1.165, 1.54) is 0 Å². The summed E-state index contributed by atoms with van der Waals surface area (Å²) in [4.78, 5) is 62.5. The number of rotatable bonds is 6. The molecule has 0 spiro atoms. The van der Waals surface area contributed by atoms with Gasteiger partial charge in [-0.3, -0.25) is 42.8 Å². The minimum Gasteiger partial charge on any atom is -0.481 e. The molecule has 0 aliphatic carbocycles. The van der Waals surface area contributed by atoms with Crippen molar-refractivity contribution in [2.24, 2.45) is 4.99 Å². The molecule has 0 radical (unpaired) electrons. The van der Waals surface area contributed by atoms with Crippen molar-refractivity contribution in [3.8, 4) is 11.8 Å². The number of ether oxygens (including phenoxy) is 1. The molecule has 22 heteroatoms. The van der Waals surface area contributed by atoms with Crippen LogP contribution >= 0.6 is 0 Å². The molecule has 6 rings (SSSR count). The van der Waals surface area contributed by atoms with Gasteiger partial charge in [0.25, 0.3) is 23.9 Å². The quantitative estimate of drug-likeness (QED) is 0.0528. The van der Waals surface area contributed by atoms with E-state index in [0.29, 0.717) is 40.2 Å². The van der Waals surface area contributed by atoms with E-state index in [9.17, 15) is 13.4 Å². The summed E-state index contributed by atoms with van der Waals surface area (Å²) in [7, 11) is -2.72. The van der Waals surface area contributed by atoms with E-state index in [1.807, 2.05) is 57.2 Å². The molecule has 0 bridgehead atoms. The van der Waals surface area contributed by atoms with E-state index in [4.69, 9.17) is 44.3 Å². The molecule has 0 amide bonds. The van der Waals surface area contributed by atoms with Crippen LogP contribution in [0.5, 0.6) is 0 Å². The van der Waals surface area contributed by atoms with Gasteiger partial charge in [0.2, 0.25) is 0 Å². The first-order valence-electron chi connectivity index (χ1n) is 18.3. The Bertz CT molecular complexity index is 2530. The van der Waals surface area contributed by atoms with Crippen molar-refractivity contribution >= 4 is 70.3 Å². The number of carbonyl (C=O) groups excluding carboxylic acids is 1. The van der Waals surface area contributed by atoms with Crippen molar-refractivity contribution in [2.45, 2.75) is 61.8 Å². The van der Waals surface area contributed by atoms with Crippen LogP contribution in [0.3, 0.4) is 0 Å². The molecule has 0 unspecified atom stereocenters. The van der Waals surface area contributed by atoms with Crippen LogP contribution in [0.25, 0.3) is 27.4 Å². The molecule has 0 atom stereocenters. The van der Waals surface area contributed by atoms with E-state index in [-0.39, 0.29) is 62.0 Å². The standard InChI is InChI=1S/C36H29BF2N4O2.4C2H4O2.3H2O.2Rh/c1-22-19-24(3)42-32(22)31(35-23(2)20-25(4)43(35)37(38)39)26-12-14-27(15-13-26)36(44)45-18-6-5-9-28-21-29-10-7-16-40-33(29)34-30(28)11-8-17-41-34;4*1-2(3)4;;;;;/h7-8,10-17,19-21H,6,18H2,1-4H3;4*1H3,(H,3,4);3*1H2;;/q;;;;;;;;2*+3/b32-31-;;;;;;;;;. The number of pyridine rings is 2. The number of hydrogen-bond acceptors (Lipinski definition) is 9. The number of allylic oxidation sites excluding steroid dienone is 2. The summed E-state index contributed by atoms with van der Waals surface area (Å²) in [6, 6.07) is 18.2. The Morgan fingerprint density at radius 2 is 1.21 bits per heavy atom. The predicted octanol–water partition coefficient (Wildman–Crippen LogP) is 5.64. The number of carboxylic acid groups (broad SMARTS) is 4. The van der Waals surface area contributed by atoms with Crippen LogP contribution in [0.4, 0.5) is 8.63 Å². The minimum absolute atomic E-state index is 0. The van der Waals surface area contributed by atoms with E-state index in [1.54, 1.807) is 49.6 Å². The number of carboxylic acids is 4. The Hall–Kier alpha value is -6.35. The zero-order valence-corrected chi connectivity index (χ0v) is 40.2. The van der Waals surface area contributed by atoms with Crippen LogP contribution in [0.1, 0.15) is 86.4 Å². The number of halogens is 2. The Balaban J connectivity index is -0.000000798. The molecule has 0 fully saturated rings. The minimum atomic E-state index is -2.72. The summed E-state index contributed by atoms with van der Waals surface area (Å²) >= 11 is 0. The number of fused-ring (bicyclic) bond motifs is 3. The molecule has 354 valence electrons. The molecule has 66 heavy (non-hydrogen) atoms. The Labute approximate surface area is 405 Å². The summed E-state index contributed by atoms with van der Waals surface area (Å²) in [6.45, 7) is 11.7. The summed E-state index contributed by atoms with van der Waals surface area (Å²) in [5.41, 5.74) is 7.98. The van der Waals surface area contributed by atoms with Gasteiger partial charge in [0.15, 0.2) is 0 Å². The number of nitrogens with zero attached hydrogens (tertiary/aromatic N) is 4. The maximum atomic E-state index is 14.2. The van der Waals surface area contributed by atoms with Crippen LogP contribution < -0.4 is 0 Å². The van der Waals surface area contributed by atoms with Crippen molar-refractivity contribution in [3.63, 3.8) is 0 Å². The zero-order valence-electron chi connectivity index (χ0n) is 36.9. The van der Waals surface area contributed by atoms with Gasteiger partial charge in [-0.15, -0.1) is 0 Å². The summed E-state index contributed by atoms with van der Waals surface area (Å²) < 4.78 is 35.0. The van der Waals surface area contributed by atoms with E-state index >= 15 is 0 Å². The summed E-state index contributed by atoms with van der Waals surface area (Å²) in [6.07, 6.45) is 5.76. The van der Waals surface area contributed by atoms with Crippen LogP contribution in [-0.2, 0) is 62.9 Å². The van der Waals surface area contributed by atoms with Crippen molar-refractivity contribution in [1.82, 2.24) is 14.4 Å². The smallest absolute Gasteiger partial charge is 0.481 e. The van der Waals surface area contributed by atoms with Crippen LogP contribution in [0, 0.1) is 25.7 Å². The van der Waals surface area contributed by atoms with Gasteiger partial charge in [-0.1, -0.05) is 30.0 Å². The number of esters is 1. The van der Waals surface area contributed by atoms with E-state index in [0.717, 1.165) is 76.4 Å². The number of carbonyl (C=O) groups is 5. The van der Waals surface area contributed by atoms with Gasteiger partial charge in [0.1, 0.15) is 6.61 Å². The second-order valence-electron chi connectivity index (χ2n) is 13.0. The number of hydrogen-bond donors (Lipinski definition) is 4. The molecule has 3 aromatic heterocycles. The fraction of sp³-hybridized carbons (Fsp3) is 0.227. The van der Waals surface area contributed by atoms with Crippen molar-refractivity contribution < 1.29 is 113 Å². The fourth-order valence-corrected chi connectivity index (χ4v) is 5.79. The van der Waals surface area contributed by atoms with Gasteiger partial charge in [-0.05, 0) is 92.9 Å². The van der Waals surface area contributed by atoms with Gasteiger partial charge < -0.3 is 46.1 Å². The number of aryl methyl sites for hydroxylation is 2. The van der Waals surface area contributed by atoms with Crippen LogP contribution in [0.2, 0.25) is 0 Å². The third kappa shape index (κ3) is 21.1. The first-order valence-corrected chi connectivity index (χ1v) is 18.3. The average molecular weight is 1100 g/mol. The van der Waals surface area contributed by atoms with Crippen molar-refractivity contribution in [1.29, 1.82) is 0 Å². The molecule has 1 aliphatic heterocycles. The molecule has 10 N–H and O–H groups in total. The zero-order chi connectivity index (χ0) is 46.0. The SMILES string of the molecule is CC(=O)O.CC(=O)O.CC(=O)O.CC(=O)O.CC1=CC(C)=N/C1=C(/c1ccc(C(=O)OCCC#Cc2cc3cccnc3c3ncccc23)cc1)c1c(C)cc(C)n1B(F)F.O.O.O.[Rh+3].[Rh+3]. The van der Waals surface area contributed by atoms with E-state index in [2.05, 4.69) is 26.8 Å². The maximum Gasteiger partial charge on any atom is 3.00 e. The molecule has 1 aliphatic rings. The van der Waals surface area contributed by atoms with Crippen molar-refractivity contribution in [2.75, 3.05) is 6.61 Å². The Kier molecular flexibility index (Phi) is 32.5. The van der Waals surface area contributed by atoms with Gasteiger partial charge in [-0.2, -0.15) is 0 Å². The first kappa shape index (κ1) is 66.3. The second-order valence-corrected chi connectivity index (χ2v) is 13.0. The molecule has 5 aromatic rings. The molecular weight excluding hydrogens is 1050 g/mol. The third-order valence-corrected chi connectivity index (χ3v) is 7.73. The molecular formula is C44H51BF2N4O13Rh2+6. The largest absolute Gasteiger partial charge is 3.00 e. The normalized spacial score (nSPS) is 10.9. The average Bonchev–Trinajstić information content (AvgIpc) is 3.65. The van der Waals surface area contributed by atoms with Crippen LogP contribution in [-0.4, -0.2) is 101 Å². The number of benzene rings is 2. The van der Waals surface area contributed by atoms with E-state index < -0.39 is 37.2 Å². The number of aromatic nitrogens is 3. The topological polar surface area (TPSA) is 313 Å². The summed E-state index contributed by atoms with van der Waals surface area (Å²) in [5.74, 6) is 2.48. The molecule has 0 saturated heterocycles. The monoisotopic (exact) mass is 1100 g/mol. The molecule has 4 heterocycles. The fourth-order valence-electron chi connectivity index (χ4n) is 5.79. The van der Waals surface area contributed by atoms with Gasteiger partial charge in [0, 0.05) is 85.5 Å². The Morgan fingerprint density at radius 3 is 1.70 bits per heavy atom. The summed E-state index contributed by atoms with van der Waals surface area (Å²) in [5, 5.41) is 31.5. The van der Waals surface area contributed by atoms with Gasteiger partial charge in [-0.25, -0.2) is 4.79 Å². The van der Waals surface area contributed by atoms with Crippen molar-refractivity contribution in [3.05, 3.63) is 124 Å². The van der Waals surface area contributed by atoms with Crippen LogP contribution in [0.15, 0.2) is 95.4 Å². The molecule has 17 nitrogen and oxygen atoms in total. The first-order chi connectivity index (χ1) is 28.7. The van der Waals surface area contributed by atoms with Gasteiger partial charge >= 0.3 is 52.3 Å². The number of aliphatic carboxylic acids is 4. The number of aliphatic imine (C=N–C) groups is 1. The predicted molar refractivity (Wildman–Crippen MR) is 240 cm³/mol. The van der Waals surface area contributed by atoms with Gasteiger partial charge in [0.05, 0.1) is 22.3 Å².